The molecule has 0 bridgehead atoms. The average Bonchev–Trinajstić information content (AvgIpc) is 2.85. The normalized spacial score (nSPS) is 20.9. The minimum atomic E-state index is 0.715. The van der Waals surface area contributed by atoms with E-state index in [4.69, 9.17) is 4.74 Å². The highest BCUT2D eigenvalue weighted by Gasteiger charge is 2.17. The molecule has 2 aliphatic carbocycles. The Hall–Kier alpha value is -2.12. The van der Waals surface area contributed by atoms with Crippen molar-refractivity contribution in [2.24, 2.45) is 0 Å². The highest BCUT2D eigenvalue weighted by molar-refractivity contribution is 5.28. The van der Waals surface area contributed by atoms with Gasteiger partial charge in [-0.3, -0.25) is 0 Å². The summed E-state index contributed by atoms with van der Waals surface area (Å²) in [6.07, 6.45) is 17.3. The van der Waals surface area contributed by atoms with Crippen LogP contribution in [0.15, 0.2) is 71.8 Å². The maximum Gasteiger partial charge on any atom is 0.0469 e. The molecule has 0 aromatic heterocycles. The maximum absolute atomic E-state index is 5.96. The molecule has 2 atom stereocenters. The molecule has 4 rings (SSSR count). The Labute approximate surface area is 202 Å². The van der Waals surface area contributed by atoms with Gasteiger partial charge in [0.15, 0.2) is 0 Å². The van der Waals surface area contributed by atoms with Crippen molar-refractivity contribution in [3.63, 3.8) is 0 Å². The lowest BCUT2D eigenvalue weighted by molar-refractivity contribution is 0.129. The predicted octanol–water partition coefficient (Wildman–Crippen LogP) is 8.97. The van der Waals surface area contributed by atoms with E-state index in [1.165, 1.54) is 86.5 Å². The van der Waals surface area contributed by atoms with Crippen LogP contribution in [0.4, 0.5) is 0 Å². The van der Waals surface area contributed by atoms with E-state index < -0.39 is 0 Å². The van der Waals surface area contributed by atoms with E-state index in [2.05, 4.69) is 74.5 Å². The minimum absolute atomic E-state index is 0.715. The summed E-state index contributed by atoms with van der Waals surface area (Å²) in [4.78, 5) is 0. The first-order valence-corrected chi connectivity index (χ1v) is 13.2. The number of ether oxygens (including phenoxy) is 1. The van der Waals surface area contributed by atoms with E-state index in [1.807, 2.05) is 0 Å². The van der Waals surface area contributed by atoms with Gasteiger partial charge in [-0.2, -0.15) is 0 Å². The molecule has 0 radical (unpaired) electrons. The van der Waals surface area contributed by atoms with Gasteiger partial charge in [-0.25, -0.2) is 0 Å². The molecule has 1 nitrogen and oxygen atoms in total. The molecular weight excluding hydrogens is 400 g/mol. The summed E-state index contributed by atoms with van der Waals surface area (Å²) in [7, 11) is 0. The molecule has 0 saturated carbocycles. The summed E-state index contributed by atoms with van der Waals surface area (Å²) in [5.74, 6) is 1.43. The van der Waals surface area contributed by atoms with Crippen molar-refractivity contribution in [3.8, 4) is 0 Å². The number of benzene rings is 2. The number of rotatable bonds is 10. The molecule has 2 aromatic rings. The van der Waals surface area contributed by atoms with Crippen LogP contribution in [-0.2, 0) is 4.74 Å². The van der Waals surface area contributed by atoms with E-state index in [9.17, 15) is 0 Å². The van der Waals surface area contributed by atoms with Crippen LogP contribution in [0, 0.1) is 13.8 Å². The first kappa shape index (κ1) is 24.0. The lowest BCUT2D eigenvalue weighted by Crippen LogP contribution is -2.06. The summed E-state index contributed by atoms with van der Waals surface area (Å²) in [6.45, 7) is 6.15. The zero-order chi connectivity index (χ0) is 22.9. The standard InChI is InChI=1S/C32H42O/c1-25-7-15-29(16-8-25)31-19-11-27(12-20-31)5-3-23-33-24-4-6-28-13-21-32(22-14-28)30-17-9-26(2)10-18-30/h7-11,13,15-18,31-32H,3-6,12,14,19-24H2,1-2H3. The van der Waals surface area contributed by atoms with Gasteiger partial charge in [0.25, 0.3) is 0 Å². The summed E-state index contributed by atoms with van der Waals surface area (Å²) >= 11 is 0. The molecule has 1 heteroatoms. The Morgan fingerprint density at radius 2 is 1.06 bits per heavy atom. The zero-order valence-electron chi connectivity index (χ0n) is 20.8. The van der Waals surface area contributed by atoms with Crippen molar-refractivity contribution < 1.29 is 4.74 Å². The van der Waals surface area contributed by atoms with Gasteiger partial charge < -0.3 is 4.74 Å². The third-order valence-electron chi connectivity index (χ3n) is 7.68. The molecule has 2 unspecified atom stereocenters. The Balaban J connectivity index is 1.05. The predicted molar refractivity (Wildman–Crippen MR) is 141 cm³/mol. The van der Waals surface area contributed by atoms with Crippen molar-refractivity contribution in [1.29, 1.82) is 0 Å². The Bertz CT molecular complexity index is 838. The third-order valence-corrected chi connectivity index (χ3v) is 7.68. The Kier molecular flexibility index (Phi) is 9.01. The lowest BCUT2D eigenvalue weighted by Gasteiger charge is -2.23. The smallest absolute Gasteiger partial charge is 0.0469 e. The monoisotopic (exact) mass is 442 g/mol. The van der Waals surface area contributed by atoms with Gasteiger partial charge in [0, 0.05) is 13.2 Å². The Morgan fingerprint density at radius 1 is 0.636 bits per heavy atom. The van der Waals surface area contributed by atoms with Gasteiger partial charge in [0.2, 0.25) is 0 Å². The van der Waals surface area contributed by atoms with Crippen LogP contribution in [-0.4, -0.2) is 13.2 Å². The topological polar surface area (TPSA) is 9.23 Å². The van der Waals surface area contributed by atoms with E-state index in [1.54, 1.807) is 11.1 Å². The molecule has 0 heterocycles. The average molecular weight is 443 g/mol. The molecule has 176 valence electrons. The fraction of sp³-hybridized carbons (Fsp3) is 0.500. The summed E-state index contributed by atoms with van der Waals surface area (Å²) < 4.78 is 5.96. The number of aryl methyl sites for hydroxylation is 2. The van der Waals surface area contributed by atoms with E-state index in [0.717, 1.165) is 13.2 Å². The van der Waals surface area contributed by atoms with E-state index in [-0.39, 0.29) is 0 Å². The van der Waals surface area contributed by atoms with Crippen LogP contribution in [0.3, 0.4) is 0 Å². The molecule has 2 aromatic carbocycles. The SMILES string of the molecule is Cc1ccc(C2CC=C(CCCOCCCC3=CCC(c4ccc(C)cc4)CC3)CC2)cc1. The van der Waals surface area contributed by atoms with E-state index >= 15 is 0 Å². The van der Waals surface area contributed by atoms with Crippen molar-refractivity contribution in [2.75, 3.05) is 13.2 Å². The summed E-state index contributed by atoms with van der Waals surface area (Å²) in [5, 5.41) is 0. The molecule has 33 heavy (non-hydrogen) atoms. The van der Waals surface area contributed by atoms with Crippen molar-refractivity contribution in [3.05, 3.63) is 94.1 Å². The molecule has 0 aliphatic heterocycles. The van der Waals surface area contributed by atoms with Crippen molar-refractivity contribution in [2.45, 2.75) is 89.9 Å². The number of hydrogen-bond acceptors (Lipinski definition) is 1. The highest BCUT2D eigenvalue weighted by Crippen LogP contribution is 2.34. The molecular formula is C32H42O. The first-order chi connectivity index (χ1) is 16.2. The largest absolute Gasteiger partial charge is 0.381 e. The quantitative estimate of drug-likeness (QED) is 0.263. The van der Waals surface area contributed by atoms with Gasteiger partial charge in [-0.05, 0) is 101 Å². The van der Waals surface area contributed by atoms with Gasteiger partial charge in [-0.1, -0.05) is 83.0 Å². The minimum Gasteiger partial charge on any atom is -0.381 e. The fourth-order valence-electron chi connectivity index (χ4n) is 5.42. The first-order valence-electron chi connectivity index (χ1n) is 13.2. The zero-order valence-corrected chi connectivity index (χ0v) is 20.8. The van der Waals surface area contributed by atoms with Crippen LogP contribution in [0.5, 0.6) is 0 Å². The van der Waals surface area contributed by atoms with Crippen LogP contribution in [0.1, 0.15) is 98.3 Å². The summed E-state index contributed by atoms with van der Waals surface area (Å²) in [6, 6.07) is 18.3. The second-order valence-corrected chi connectivity index (χ2v) is 10.3. The van der Waals surface area contributed by atoms with Crippen LogP contribution in [0.2, 0.25) is 0 Å². The van der Waals surface area contributed by atoms with Crippen molar-refractivity contribution >= 4 is 0 Å². The third kappa shape index (κ3) is 7.44. The molecule has 0 amide bonds. The molecule has 2 aliphatic rings. The molecule has 0 fully saturated rings. The second-order valence-electron chi connectivity index (χ2n) is 10.3. The lowest BCUT2D eigenvalue weighted by atomic mass is 9.83. The van der Waals surface area contributed by atoms with Gasteiger partial charge >= 0.3 is 0 Å². The van der Waals surface area contributed by atoms with Crippen LogP contribution >= 0.6 is 0 Å². The van der Waals surface area contributed by atoms with Crippen molar-refractivity contribution in [1.82, 2.24) is 0 Å². The molecule has 0 saturated heterocycles. The highest BCUT2D eigenvalue weighted by atomic mass is 16.5. The fourth-order valence-corrected chi connectivity index (χ4v) is 5.42. The maximum atomic E-state index is 5.96. The van der Waals surface area contributed by atoms with Gasteiger partial charge in [0.05, 0.1) is 0 Å². The summed E-state index contributed by atoms with van der Waals surface area (Å²) in [5.41, 5.74) is 9.03. The van der Waals surface area contributed by atoms with Crippen LogP contribution in [0.25, 0.3) is 0 Å². The van der Waals surface area contributed by atoms with E-state index in [0.29, 0.717) is 11.8 Å². The second kappa shape index (κ2) is 12.4. The van der Waals surface area contributed by atoms with Crippen LogP contribution < -0.4 is 0 Å². The van der Waals surface area contributed by atoms with Gasteiger partial charge in [-0.15, -0.1) is 0 Å². The molecule has 0 N–H and O–H groups in total. The van der Waals surface area contributed by atoms with Gasteiger partial charge in [0.1, 0.15) is 0 Å². The molecule has 0 spiro atoms. The number of allylic oxidation sites excluding steroid dienone is 4. The Morgan fingerprint density at radius 3 is 1.42 bits per heavy atom. The number of hydrogen-bond donors (Lipinski definition) is 0.